The molecule has 134 valence electrons. The van der Waals surface area contributed by atoms with Gasteiger partial charge in [-0.15, -0.1) is 0 Å². The summed E-state index contributed by atoms with van der Waals surface area (Å²) in [4.78, 5) is 0. The van der Waals surface area contributed by atoms with Crippen LogP contribution in [0.1, 0.15) is 24.0 Å². The van der Waals surface area contributed by atoms with Crippen LogP contribution in [0.25, 0.3) is 0 Å². The van der Waals surface area contributed by atoms with Gasteiger partial charge in [0.05, 0.1) is 0 Å². The number of hydrogen-bond acceptors (Lipinski definition) is 4. The van der Waals surface area contributed by atoms with E-state index in [9.17, 15) is 0 Å². The Morgan fingerprint density at radius 2 is 0.885 bits per heavy atom. The van der Waals surface area contributed by atoms with Gasteiger partial charge in [-0.25, -0.2) is 0 Å². The molecule has 2 aliphatic heterocycles. The van der Waals surface area contributed by atoms with E-state index in [1.807, 2.05) is 0 Å². The molecular formula is C20H24B2O4. The first-order valence-electron chi connectivity index (χ1n) is 9.52. The first kappa shape index (κ1) is 17.8. The first-order chi connectivity index (χ1) is 12.9. The van der Waals surface area contributed by atoms with Gasteiger partial charge < -0.3 is 18.6 Å². The minimum Gasteiger partial charge on any atom is -0.407 e. The van der Waals surface area contributed by atoms with Crippen LogP contribution in [0.4, 0.5) is 0 Å². The smallest absolute Gasteiger partial charge is 0.407 e. The van der Waals surface area contributed by atoms with Crippen LogP contribution < -0.4 is 10.9 Å². The quantitative estimate of drug-likeness (QED) is 0.770. The van der Waals surface area contributed by atoms with E-state index in [1.165, 1.54) is 11.1 Å². The van der Waals surface area contributed by atoms with Crippen molar-refractivity contribution in [2.45, 2.75) is 25.7 Å². The Morgan fingerprint density at radius 1 is 0.538 bits per heavy atom. The van der Waals surface area contributed by atoms with Crippen molar-refractivity contribution in [1.29, 1.82) is 0 Å². The average Bonchev–Trinajstić information content (AvgIpc) is 2.74. The molecule has 0 amide bonds. The lowest BCUT2D eigenvalue weighted by Gasteiger charge is -2.20. The lowest BCUT2D eigenvalue weighted by atomic mass is 9.77. The van der Waals surface area contributed by atoms with E-state index < -0.39 is 0 Å². The Morgan fingerprint density at radius 3 is 1.23 bits per heavy atom. The zero-order valence-corrected chi connectivity index (χ0v) is 15.1. The molecule has 0 radical (unpaired) electrons. The number of rotatable bonds is 5. The zero-order valence-electron chi connectivity index (χ0n) is 15.1. The van der Waals surface area contributed by atoms with Crippen molar-refractivity contribution in [3.8, 4) is 0 Å². The topological polar surface area (TPSA) is 36.9 Å². The van der Waals surface area contributed by atoms with Crippen molar-refractivity contribution in [2.75, 3.05) is 26.4 Å². The molecule has 2 aliphatic rings. The predicted octanol–water partition coefficient (Wildman–Crippen LogP) is 1.74. The van der Waals surface area contributed by atoms with Crippen LogP contribution in [0.3, 0.4) is 0 Å². The van der Waals surface area contributed by atoms with Crippen LogP contribution in [-0.2, 0) is 31.5 Å². The van der Waals surface area contributed by atoms with Crippen LogP contribution in [0.15, 0.2) is 48.5 Å². The lowest BCUT2D eigenvalue weighted by Crippen LogP contribution is -2.40. The molecule has 2 aromatic rings. The summed E-state index contributed by atoms with van der Waals surface area (Å²) in [5, 5.41) is 0. The summed E-state index contributed by atoms with van der Waals surface area (Å²) < 4.78 is 22.6. The summed E-state index contributed by atoms with van der Waals surface area (Å²) >= 11 is 0. The van der Waals surface area contributed by atoms with Crippen molar-refractivity contribution >= 4 is 25.2 Å². The van der Waals surface area contributed by atoms with E-state index in [2.05, 4.69) is 48.5 Å². The molecule has 0 spiro atoms. The Labute approximate surface area is 156 Å². The van der Waals surface area contributed by atoms with E-state index in [0.717, 1.165) is 63.0 Å². The molecule has 4 rings (SSSR count). The molecule has 0 saturated carbocycles. The van der Waals surface area contributed by atoms with E-state index >= 15 is 0 Å². The van der Waals surface area contributed by atoms with E-state index in [1.54, 1.807) is 0 Å². The van der Waals surface area contributed by atoms with Crippen molar-refractivity contribution in [2.24, 2.45) is 0 Å². The fourth-order valence-electron chi connectivity index (χ4n) is 3.33. The maximum Gasteiger partial charge on any atom is 0.493 e. The first-order valence-corrected chi connectivity index (χ1v) is 9.52. The monoisotopic (exact) mass is 350 g/mol. The maximum atomic E-state index is 5.65. The molecule has 2 aromatic carbocycles. The molecule has 0 aliphatic carbocycles. The highest BCUT2D eigenvalue weighted by atomic mass is 16.6. The molecule has 0 unspecified atom stereocenters. The summed E-state index contributed by atoms with van der Waals surface area (Å²) in [6.07, 6.45) is 3.99. The Bertz CT molecular complexity index is 616. The van der Waals surface area contributed by atoms with Crippen LogP contribution in [-0.4, -0.2) is 40.7 Å². The second-order valence-corrected chi connectivity index (χ2v) is 6.84. The average molecular weight is 350 g/mol. The molecule has 0 N–H and O–H groups in total. The van der Waals surface area contributed by atoms with Gasteiger partial charge in [-0.3, -0.25) is 0 Å². The van der Waals surface area contributed by atoms with Crippen molar-refractivity contribution < 1.29 is 18.6 Å². The molecule has 0 bridgehead atoms. The van der Waals surface area contributed by atoms with Crippen LogP contribution >= 0.6 is 0 Å². The van der Waals surface area contributed by atoms with Gasteiger partial charge in [0.25, 0.3) is 0 Å². The fourth-order valence-corrected chi connectivity index (χ4v) is 3.33. The Balaban J connectivity index is 1.30. The van der Waals surface area contributed by atoms with Crippen molar-refractivity contribution in [3.63, 3.8) is 0 Å². The third kappa shape index (κ3) is 4.57. The number of aryl methyl sites for hydroxylation is 2. The van der Waals surface area contributed by atoms with Gasteiger partial charge in [0, 0.05) is 26.4 Å². The van der Waals surface area contributed by atoms with E-state index in [-0.39, 0.29) is 14.2 Å². The normalized spacial score (nSPS) is 18.2. The molecule has 26 heavy (non-hydrogen) atoms. The van der Waals surface area contributed by atoms with E-state index in [0.29, 0.717) is 0 Å². The van der Waals surface area contributed by atoms with Gasteiger partial charge >= 0.3 is 14.2 Å². The summed E-state index contributed by atoms with van der Waals surface area (Å²) in [5.41, 5.74) is 4.86. The SMILES string of the molecule is c1cc(B2OCCCO2)ccc1CCc1ccc(B2OCCCO2)cc1. The van der Waals surface area contributed by atoms with Crippen molar-refractivity contribution in [1.82, 2.24) is 0 Å². The summed E-state index contributed by atoms with van der Waals surface area (Å²) in [7, 11) is -0.399. The Hall–Kier alpha value is -1.59. The van der Waals surface area contributed by atoms with Crippen LogP contribution in [0.5, 0.6) is 0 Å². The minimum absolute atomic E-state index is 0.199. The highest BCUT2D eigenvalue weighted by Gasteiger charge is 2.24. The van der Waals surface area contributed by atoms with Crippen LogP contribution in [0, 0.1) is 0 Å². The van der Waals surface area contributed by atoms with Gasteiger partial charge in [0.1, 0.15) is 0 Å². The second kappa shape index (κ2) is 8.87. The van der Waals surface area contributed by atoms with Gasteiger partial charge in [0.2, 0.25) is 0 Å². The van der Waals surface area contributed by atoms with Gasteiger partial charge in [-0.2, -0.15) is 0 Å². The van der Waals surface area contributed by atoms with Gasteiger partial charge in [-0.05, 0) is 47.7 Å². The van der Waals surface area contributed by atoms with E-state index in [4.69, 9.17) is 18.6 Å². The molecule has 2 heterocycles. The predicted molar refractivity (Wildman–Crippen MR) is 104 cm³/mol. The highest BCUT2D eigenvalue weighted by molar-refractivity contribution is 6.61. The van der Waals surface area contributed by atoms with Crippen LogP contribution in [0.2, 0.25) is 0 Å². The van der Waals surface area contributed by atoms with Gasteiger partial charge in [0.15, 0.2) is 0 Å². The number of hydrogen-bond donors (Lipinski definition) is 0. The molecule has 0 atom stereocenters. The second-order valence-electron chi connectivity index (χ2n) is 6.84. The molecule has 6 heteroatoms. The van der Waals surface area contributed by atoms with Gasteiger partial charge in [-0.1, -0.05) is 48.5 Å². The minimum atomic E-state index is -0.199. The summed E-state index contributed by atoms with van der Waals surface area (Å²) in [6, 6.07) is 17.2. The molecular weight excluding hydrogens is 326 g/mol. The standard InChI is InChI=1S/C20H24B2O4/c1-13-23-21(24-14-1)19-9-5-17(6-10-19)3-4-18-7-11-20(12-8-18)22-25-15-2-16-26-22/h5-12H,1-4,13-16H2. The summed E-state index contributed by atoms with van der Waals surface area (Å²) in [5.74, 6) is 0. The largest absolute Gasteiger partial charge is 0.493 e. The maximum absolute atomic E-state index is 5.65. The molecule has 4 nitrogen and oxygen atoms in total. The highest BCUT2D eigenvalue weighted by Crippen LogP contribution is 2.09. The lowest BCUT2D eigenvalue weighted by molar-refractivity contribution is 0.143. The third-order valence-electron chi connectivity index (χ3n) is 4.86. The molecule has 2 fully saturated rings. The van der Waals surface area contributed by atoms with Crippen molar-refractivity contribution in [3.05, 3.63) is 59.7 Å². The fraction of sp³-hybridized carbons (Fsp3) is 0.400. The zero-order chi connectivity index (χ0) is 17.6. The summed E-state index contributed by atoms with van der Waals surface area (Å²) in [6.45, 7) is 3.11. The third-order valence-corrected chi connectivity index (χ3v) is 4.86. The number of benzene rings is 2. The Kier molecular flexibility index (Phi) is 6.07. The molecule has 2 saturated heterocycles. The molecule has 0 aromatic heterocycles.